The van der Waals surface area contributed by atoms with Crippen molar-refractivity contribution in [2.45, 2.75) is 37.8 Å². The second-order valence-electron chi connectivity index (χ2n) is 8.78. The van der Waals surface area contributed by atoms with Gasteiger partial charge >= 0.3 is 0 Å². The Morgan fingerprint density at radius 3 is 2.26 bits per heavy atom. The maximum atomic E-state index is 13.4. The van der Waals surface area contributed by atoms with Crippen LogP contribution in [0.2, 0.25) is 0 Å². The number of likely N-dealkylation sites (tertiary alicyclic amines) is 1. The highest BCUT2D eigenvalue weighted by atomic mass is 16.2. The number of amides is 2. The first-order valence-corrected chi connectivity index (χ1v) is 11.9. The van der Waals surface area contributed by atoms with Crippen LogP contribution in [0.1, 0.15) is 42.3 Å². The molecule has 0 spiro atoms. The van der Waals surface area contributed by atoms with Crippen molar-refractivity contribution in [2.75, 3.05) is 6.54 Å². The molecule has 2 amide bonds. The van der Waals surface area contributed by atoms with Crippen LogP contribution < -0.4 is 10.3 Å². The summed E-state index contributed by atoms with van der Waals surface area (Å²) < 4.78 is 0. The van der Waals surface area contributed by atoms with Crippen LogP contribution in [0.3, 0.4) is 0 Å². The van der Waals surface area contributed by atoms with E-state index in [2.05, 4.69) is 15.3 Å². The Morgan fingerprint density at radius 2 is 1.59 bits per heavy atom. The van der Waals surface area contributed by atoms with Gasteiger partial charge in [-0.25, -0.2) is 9.97 Å². The lowest BCUT2D eigenvalue weighted by Gasteiger charge is -2.27. The Kier molecular flexibility index (Phi) is 6.38. The zero-order valence-corrected chi connectivity index (χ0v) is 19.0. The van der Waals surface area contributed by atoms with Crippen LogP contribution >= 0.6 is 0 Å². The lowest BCUT2D eigenvalue weighted by Crippen LogP contribution is -2.47. The SMILES string of the molecule is O=C(NC(c1ccccc1)c1ccccc1)[C@@H]1CCCN1C(=O)CCc1[nH]c2ccccc2[nH+]1. The number of nitrogens with one attached hydrogen (secondary N) is 3. The summed E-state index contributed by atoms with van der Waals surface area (Å²) in [6, 6.07) is 27.2. The zero-order valence-electron chi connectivity index (χ0n) is 19.0. The highest BCUT2D eigenvalue weighted by Gasteiger charge is 2.35. The molecule has 1 saturated heterocycles. The standard InChI is InChI=1S/C28H28N4O2/c33-26(18-17-25-29-22-14-7-8-15-23(22)30-25)32-19-9-16-24(32)28(34)31-27(20-10-3-1-4-11-20)21-12-5-2-6-13-21/h1-8,10-15,24,27H,9,16-19H2,(H,29,30)(H,31,34)/p+1/t24-/m0/s1. The number of carbonyl (C=O) groups is 2. The predicted octanol–water partition coefficient (Wildman–Crippen LogP) is 3.81. The molecule has 0 bridgehead atoms. The highest BCUT2D eigenvalue weighted by Crippen LogP contribution is 2.25. The molecule has 172 valence electrons. The number of imidazole rings is 1. The first kappa shape index (κ1) is 21.9. The third-order valence-electron chi connectivity index (χ3n) is 6.52. The van der Waals surface area contributed by atoms with E-state index in [4.69, 9.17) is 0 Å². The average Bonchev–Trinajstić information content (AvgIpc) is 3.54. The molecule has 1 atom stereocenters. The van der Waals surface area contributed by atoms with E-state index in [-0.39, 0.29) is 17.9 Å². The van der Waals surface area contributed by atoms with Crippen LogP contribution in [-0.2, 0) is 16.0 Å². The van der Waals surface area contributed by atoms with Gasteiger partial charge in [0.2, 0.25) is 11.8 Å². The highest BCUT2D eigenvalue weighted by molar-refractivity contribution is 5.88. The largest absolute Gasteiger partial charge is 0.343 e. The number of aryl methyl sites for hydroxylation is 1. The normalized spacial score (nSPS) is 15.7. The maximum absolute atomic E-state index is 13.4. The fourth-order valence-corrected chi connectivity index (χ4v) is 4.78. The molecule has 1 aliphatic heterocycles. The van der Waals surface area contributed by atoms with E-state index in [1.165, 1.54) is 0 Å². The lowest BCUT2D eigenvalue weighted by molar-refractivity contribution is -0.357. The molecule has 0 radical (unpaired) electrons. The Labute approximate surface area is 199 Å². The molecular formula is C28H29N4O2+. The molecule has 2 heterocycles. The van der Waals surface area contributed by atoms with Gasteiger partial charge in [0.05, 0.1) is 12.5 Å². The van der Waals surface area contributed by atoms with Gasteiger partial charge in [-0.1, -0.05) is 72.8 Å². The molecule has 0 aliphatic carbocycles. The van der Waals surface area contributed by atoms with Crippen molar-refractivity contribution in [3.63, 3.8) is 0 Å². The fourth-order valence-electron chi connectivity index (χ4n) is 4.78. The van der Waals surface area contributed by atoms with Crippen molar-refractivity contribution in [3.05, 3.63) is 102 Å². The van der Waals surface area contributed by atoms with Gasteiger partial charge in [-0.05, 0) is 36.1 Å². The van der Waals surface area contributed by atoms with Crippen molar-refractivity contribution < 1.29 is 14.6 Å². The van der Waals surface area contributed by atoms with E-state index >= 15 is 0 Å². The number of benzene rings is 3. The minimum absolute atomic E-state index is 0.0145. The Morgan fingerprint density at radius 1 is 0.941 bits per heavy atom. The summed E-state index contributed by atoms with van der Waals surface area (Å²) in [6.45, 7) is 0.620. The second kappa shape index (κ2) is 9.91. The molecule has 5 rings (SSSR count). The number of hydrogen-bond donors (Lipinski definition) is 2. The van der Waals surface area contributed by atoms with Crippen LogP contribution in [0, 0.1) is 0 Å². The Hall–Kier alpha value is -3.93. The number of hydrogen-bond acceptors (Lipinski definition) is 2. The van der Waals surface area contributed by atoms with Crippen LogP contribution in [0.5, 0.6) is 0 Å². The molecule has 1 aromatic heterocycles. The summed E-state index contributed by atoms with van der Waals surface area (Å²) in [7, 11) is 0. The first-order valence-electron chi connectivity index (χ1n) is 11.9. The summed E-state index contributed by atoms with van der Waals surface area (Å²) >= 11 is 0. The van der Waals surface area contributed by atoms with Crippen molar-refractivity contribution in [3.8, 4) is 0 Å². The quantitative estimate of drug-likeness (QED) is 0.446. The summed E-state index contributed by atoms with van der Waals surface area (Å²) in [5, 5.41) is 3.22. The topological polar surface area (TPSA) is 79.3 Å². The van der Waals surface area contributed by atoms with Gasteiger partial charge < -0.3 is 10.2 Å². The first-order chi connectivity index (χ1) is 16.7. The van der Waals surface area contributed by atoms with Crippen LogP contribution in [0.15, 0.2) is 84.9 Å². The molecule has 1 fully saturated rings. The second-order valence-corrected chi connectivity index (χ2v) is 8.78. The Bertz CT molecular complexity index is 1200. The zero-order chi connectivity index (χ0) is 23.3. The fraction of sp³-hybridized carbons (Fsp3) is 0.250. The Balaban J connectivity index is 1.27. The van der Waals surface area contributed by atoms with Crippen LogP contribution in [0.4, 0.5) is 0 Å². The molecule has 4 aromatic rings. The monoisotopic (exact) mass is 453 g/mol. The van der Waals surface area contributed by atoms with Crippen molar-refractivity contribution in [1.29, 1.82) is 0 Å². The van der Waals surface area contributed by atoms with Gasteiger partial charge in [0.25, 0.3) is 5.82 Å². The van der Waals surface area contributed by atoms with E-state index in [0.717, 1.165) is 34.4 Å². The van der Waals surface area contributed by atoms with E-state index in [9.17, 15) is 9.59 Å². The molecular weight excluding hydrogens is 424 g/mol. The number of aromatic nitrogens is 2. The van der Waals surface area contributed by atoms with Gasteiger partial charge in [0.1, 0.15) is 6.04 Å². The van der Waals surface area contributed by atoms with Gasteiger partial charge in [-0.15, -0.1) is 0 Å². The molecule has 6 nitrogen and oxygen atoms in total. The number of carbonyl (C=O) groups excluding carboxylic acids is 2. The van der Waals surface area contributed by atoms with E-state index in [1.807, 2.05) is 84.9 Å². The smallest absolute Gasteiger partial charge is 0.253 e. The predicted molar refractivity (Wildman–Crippen MR) is 131 cm³/mol. The van der Waals surface area contributed by atoms with Gasteiger partial charge in [-0.3, -0.25) is 9.59 Å². The van der Waals surface area contributed by atoms with Gasteiger partial charge in [0, 0.05) is 13.0 Å². The molecule has 3 aromatic carbocycles. The molecule has 1 aliphatic rings. The van der Waals surface area contributed by atoms with Crippen molar-refractivity contribution >= 4 is 22.8 Å². The molecule has 6 heteroatoms. The summed E-state index contributed by atoms with van der Waals surface area (Å²) in [5.74, 6) is 0.837. The van der Waals surface area contributed by atoms with E-state index in [0.29, 0.717) is 25.8 Å². The number of aromatic amines is 2. The minimum Gasteiger partial charge on any atom is -0.343 e. The summed E-state index contributed by atoms with van der Waals surface area (Å²) in [4.78, 5) is 34.9. The van der Waals surface area contributed by atoms with E-state index < -0.39 is 6.04 Å². The van der Waals surface area contributed by atoms with Gasteiger partial charge in [0.15, 0.2) is 11.0 Å². The molecule has 0 unspecified atom stereocenters. The van der Waals surface area contributed by atoms with Gasteiger partial charge in [-0.2, -0.15) is 0 Å². The van der Waals surface area contributed by atoms with Crippen LogP contribution in [-0.4, -0.2) is 34.3 Å². The molecule has 0 saturated carbocycles. The van der Waals surface area contributed by atoms with Crippen LogP contribution in [0.25, 0.3) is 11.0 Å². The maximum Gasteiger partial charge on any atom is 0.253 e. The van der Waals surface area contributed by atoms with Crippen molar-refractivity contribution in [1.82, 2.24) is 15.2 Å². The third-order valence-corrected chi connectivity index (χ3v) is 6.52. The van der Waals surface area contributed by atoms with E-state index in [1.54, 1.807) is 4.90 Å². The summed E-state index contributed by atoms with van der Waals surface area (Å²) in [5.41, 5.74) is 4.09. The lowest BCUT2D eigenvalue weighted by atomic mass is 9.98. The molecule has 3 N–H and O–H groups in total. The van der Waals surface area contributed by atoms with Crippen molar-refractivity contribution in [2.24, 2.45) is 0 Å². The number of fused-ring (bicyclic) bond motifs is 1. The summed E-state index contributed by atoms with van der Waals surface area (Å²) in [6.07, 6.45) is 2.46. The number of rotatable bonds is 7. The number of nitrogens with zero attached hydrogens (tertiary/aromatic N) is 1. The number of H-pyrrole nitrogens is 2. The number of para-hydroxylation sites is 2. The minimum atomic E-state index is -0.436. The average molecular weight is 454 g/mol. The third kappa shape index (κ3) is 4.71. The molecule has 34 heavy (non-hydrogen) atoms.